The van der Waals surface area contributed by atoms with E-state index >= 15 is 0 Å². The minimum absolute atomic E-state index is 0.0611. The summed E-state index contributed by atoms with van der Waals surface area (Å²) in [6, 6.07) is 40.5. The topological polar surface area (TPSA) is 42.5 Å². The van der Waals surface area contributed by atoms with Gasteiger partial charge in [0.1, 0.15) is 11.4 Å². The van der Waals surface area contributed by atoms with Crippen molar-refractivity contribution in [3.8, 4) is 5.69 Å². The number of para-hydroxylation sites is 3. The molecule has 2 aliphatic rings. The zero-order valence-corrected chi connectivity index (χ0v) is 22.7. The van der Waals surface area contributed by atoms with E-state index in [2.05, 4.69) is 143 Å². The monoisotopic (exact) mass is 539 g/mol. The van der Waals surface area contributed by atoms with E-state index in [0.29, 0.717) is 0 Å². The minimum Gasteiger partial charge on any atom is -0.454 e. The molecule has 1 N–H and O–H groups in total. The second-order valence-electron chi connectivity index (χ2n) is 10.8. The standard InChI is InChI=1S/C38H25N3O/c1-2-11-24(12-3-1)36-30-15-4-7-17-31(30)39-38(40-36)25-21-22-28-29-16-10-20-34(37(29)42-35(28)23-25)41-32-18-8-5-13-26(32)27-14-6-9-19-33(27)41/h1-23,31H,(H,39,40). The molecule has 198 valence electrons. The lowest BCUT2D eigenvalue weighted by molar-refractivity contribution is 0.666. The van der Waals surface area contributed by atoms with Crippen LogP contribution in [0.1, 0.15) is 11.1 Å². The molecule has 4 heteroatoms. The van der Waals surface area contributed by atoms with E-state index in [0.717, 1.165) is 50.3 Å². The quantitative estimate of drug-likeness (QED) is 0.244. The highest BCUT2D eigenvalue weighted by Crippen LogP contribution is 2.38. The molecule has 9 rings (SSSR count). The predicted octanol–water partition coefficient (Wildman–Crippen LogP) is 8.94. The minimum atomic E-state index is 0.0611. The van der Waals surface area contributed by atoms with Crippen LogP contribution in [0.3, 0.4) is 0 Å². The number of hydrogen-bond donors (Lipinski definition) is 1. The van der Waals surface area contributed by atoms with E-state index in [1.54, 1.807) is 0 Å². The van der Waals surface area contributed by atoms with Crippen LogP contribution in [0.5, 0.6) is 0 Å². The summed E-state index contributed by atoms with van der Waals surface area (Å²) in [5.74, 6) is 0.840. The number of fused-ring (bicyclic) bond motifs is 7. The lowest BCUT2D eigenvalue weighted by Crippen LogP contribution is -2.39. The fourth-order valence-corrected chi connectivity index (χ4v) is 6.51. The van der Waals surface area contributed by atoms with Gasteiger partial charge in [0.2, 0.25) is 0 Å². The van der Waals surface area contributed by atoms with Crippen LogP contribution in [0, 0.1) is 0 Å². The van der Waals surface area contributed by atoms with Gasteiger partial charge in [-0.05, 0) is 30.3 Å². The fourth-order valence-electron chi connectivity index (χ4n) is 6.51. The van der Waals surface area contributed by atoms with Crippen molar-refractivity contribution in [2.75, 3.05) is 0 Å². The second kappa shape index (κ2) is 8.95. The molecular weight excluding hydrogens is 514 g/mol. The number of nitrogens with zero attached hydrogens (tertiary/aromatic N) is 2. The van der Waals surface area contributed by atoms with Gasteiger partial charge in [-0.3, -0.25) is 0 Å². The number of allylic oxidation sites excluding steroid dienone is 2. The number of aromatic nitrogens is 1. The molecule has 1 aliphatic carbocycles. The Morgan fingerprint density at radius 3 is 2.19 bits per heavy atom. The number of aliphatic imine (C=N–C) groups is 1. The molecule has 0 spiro atoms. The van der Waals surface area contributed by atoms with Crippen LogP contribution in [-0.4, -0.2) is 16.4 Å². The van der Waals surface area contributed by atoms with E-state index in [1.165, 1.54) is 27.4 Å². The normalized spacial score (nSPS) is 16.4. The summed E-state index contributed by atoms with van der Waals surface area (Å²) in [5.41, 5.74) is 9.36. The van der Waals surface area contributed by atoms with Crippen LogP contribution >= 0.6 is 0 Å². The molecule has 0 bridgehead atoms. The lowest BCUT2D eigenvalue weighted by atomic mass is 9.94. The first-order valence-electron chi connectivity index (χ1n) is 14.3. The number of hydrogen-bond acceptors (Lipinski definition) is 3. The van der Waals surface area contributed by atoms with E-state index in [4.69, 9.17) is 9.41 Å². The Morgan fingerprint density at radius 1 is 0.643 bits per heavy atom. The predicted molar refractivity (Wildman–Crippen MR) is 173 cm³/mol. The Hall–Kier alpha value is -5.61. The number of furan rings is 1. The van der Waals surface area contributed by atoms with Crippen LogP contribution in [0.4, 0.5) is 0 Å². The summed E-state index contributed by atoms with van der Waals surface area (Å²) >= 11 is 0. The molecule has 3 heterocycles. The van der Waals surface area contributed by atoms with Crippen molar-refractivity contribution >= 4 is 55.3 Å². The lowest BCUT2D eigenvalue weighted by Gasteiger charge is -2.28. The zero-order chi connectivity index (χ0) is 27.6. The van der Waals surface area contributed by atoms with E-state index in [9.17, 15) is 0 Å². The molecule has 0 radical (unpaired) electrons. The molecule has 0 saturated heterocycles. The molecule has 4 nitrogen and oxygen atoms in total. The van der Waals surface area contributed by atoms with Crippen LogP contribution in [-0.2, 0) is 0 Å². The number of nitrogens with one attached hydrogen (secondary N) is 1. The summed E-state index contributed by atoms with van der Waals surface area (Å²) in [6.45, 7) is 0. The van der Waals surface area contributed by atoms with Crippen molar-refractivity contribution in [1.29, 1.82) is 0 Å². The Morgan fingerprint density at radius 2 is 1.38 bits per heavy atom. The first-order chi connectivity index (χ1) is 20.8. The molecule has 1 unspecified atom stereocenters. The maximum Gasteiger partial charge on any atom is 0.159 e. The average molecular weight is 540 g/mol. The van der Waals surface area contributed by atoms with Gasteiger partial charge in [0.15, 0.2) is 5.58 Å². The third kappa shape index (κ3) is 3.39. The molecule has 1 aliphatic heterocycles. The van der Waals surface area contributed by atoms with Crippen LogP contribution in [0.2, 0.25) is 0 Å². The van der Waals surface area contributed by atoms with E-state index in [1.807, 2.05) is 6.07 Å². The van der Waals surface area contributed by atoms with Crippen molar-refractivity contribution in [2.45, 2.75) is 6.04 Å². The van der Waals surface area contributed by atoms with Crippen LogP contribution in [0.15, 0.2) is 155 Å². The van der Waals surface area contributed by atoms with Gasteiger partial charge in [-0.2, -0.15) is 0 Å². The number of amidine groups is 1. The molecule has 5 aromatic carbocycles. The SMILES string of the molecule is C1=CC2=C(c3ccccc3)N=C(c3ccc4c(c3)oc3c(-n5c6ccccc6c6ccccc65)cccc34)NC2C=C1. The van der Waals surface area contributed by atoms with Crippen LogP contribution < -0.4 is 5.32 Å². The van der Waals surface area contributed by atoms with Gasteiger partial charge in [0.05, 0.1) is 28.5 Å². The summed E-state index contributed by atoms with van der Waals surface area (Å²) in [6.07, 6.45) is 8.50. The van der Waals surface area contributed by atoms with Crippen molar-refractivity contribution < 1.29 is 4.42 Å². The molecule has 7 aromatic rings. The first kappa shape index (κ1) is 23.1. The average Bonchev–Trinajstić information content (AvgIpc) is 3.60. The van der Waals surface area contributed by atoms with Gasteiger partial charge in [-0.25, -0.2) is 4.99 Å². The fraction of sp³-hybridized carbons (Fsp3) is 0.0263. The van der Waals surface area contributed by atoms with E-state index in [-0.39, 0.29) is 6.04 Å². The number of rotatable bonds is 3. The molecule has 0 fully saturated rings. The maximum atomic E-state index is 6.71. The Bertz CT molecular complexity index is 2280. The highest BCUT2D eigenvalue weighted by atomic mass is 16.3. The smallest absolute Gasteiger partial charge is 0.159 e. The van der Waals surface area contributed by atoms with Crippen molar-refractivity contribution in [3.63, 3.8) is 0 Å². The third-order valence-corrected chi connectivity index (χ3v) is 8.43. The molecule has 42 heavy (non-hydrogen) atoms. The first-order valence-corrected chi connectivity index (χ1v) is 14.3. The molecule has 0 amide bonds. The van der Waals surface area contributed by atoms with Gasteiger partial charge in [-0.15, -0.1) is 0 Å². The van der Waals surface area contributed by atoms with Gasteiger partial charge in [0, 0.05) is 38.2 Å². The van der Waals surface area contributed by atoms with Crippen molar-refractivity contribution in [1.82, 2.24) is 9.88 Å². The molecular formula is C38H25N3O. The van der Waals surface area contributed by atoms with Gasteiger partial charge in [-0.1, -0.05) is 109 Å². The second-order valence-corrected chi connectivity index (χ2v) is 10.8. The van der Waals surface area contributed by atoms with Crippen molar-refractivity contribution in [3.05, 3.63) is 156 Å². The molecule has 1 atom stereocenters. The summed E-state index contributed by atoms with van der Waals surface area (Å²) < 4.78 is 9.04. The zero-order valence-electron chi connectivity index (χ0n) is 22.7. The summed E-state index contributed by atoms with van der Waals surface area (Å²) in [5, 5.41) is 8.31. The highest BCUT2D eigenvalue weighted by Gasteiger charge is 2.25. The third-order valence-electron chi connectivity index (χ3n) is 8.43. The Labute approximate surface area is 242 Å². The molecule has 0 saturated carbocycles. The Kier molecular flexibility index (Phi) is 4.93. The summed E-state index contributed by atoms with van der Waals surface area (Å²) in [4.78, 5) is 5.15. The largest absolute Gasteiger partial charge is 0.454 e. The maximum absolute atomic E-state index is 6.71. The van der Waals surface area contributed by atoms with Gasteiger partial charge in [0.25, 0.3) is 0 Å². The summed E-state index contributed by atoms with van der Waals surface area (Å²) in [7, 11) is 0. The van der Waals surface area contributed by atoms with Crippen LogP contribution in [0.25, 0.3) is 55.1 Å². The number of benzene rings is 5. The molecule has 2 aromatic heterocycles. The Balaban J connectivity index is 1.23. The van der Waals surface area contributed by atoms with Gasteiger partial charge < -0.3 is 14.3 Å². The van der Waals surface area contributed by atoms with Gasteiger partial charge >= 0.3 is 0 Å². The van der Waals surface area contributed by atoms with E-state index < -0.39 is 0 Å². The highest BCUT2D eigenvalue weighted by molar-refractivity contribution is 6.14. The van der Waals surface area contributed by atoms with Crippen molar-refractivity contribution in [2.24, 2.45) is 4.99 Å².